The number of aromatic nitrogens is 3. The summed E-state index contributed by atoms with van der Waals surface area (Å²) in [7, 11) is -3.00. The first kappa shape index (κ1) is 24.2. The summed E-state index contributed by atoms with van der Waals surface area (Å²) in [6, 6.07) is 10.5. The van der Waals surface area contributed by atoms with Gasteiger partial charge in [0.2, 0.25) is 5.88 Å². The van der Waals surface area contributed by atoms with Crippen LogP contribution in [0.25, 0.3) is 11.3 Å². The van der Waals surface area contributed by atoms with Crippen LogP contribution in [0.3, 0.4) is 0 Å². The second-order valence-electron chi connectivity index (χ2n) is 9.15. The number of imidazole rings is 1. The molecule has 0 aliphatic carbocycles. The van der Waals surface area contributed by atoms with E-state index in [0.717, 1.165) is 11.1 Å². The van der Waals surface area contributed by atoms with Crippen molar-refractivity contribution in [3.63, 3.8) is 0 Å². The van der Waals surface area contributed by atoms with Crippen molar-refractivity contribution in [3.8, 4) is 17.1 Å². The van der Waals surface area contributed by atoms with Crippen LogP contribution >= 0.6 is 0 Å². The molecule has 0 bridgehead atoms. The van der Waals surface area contributed by atoms with Gasteiger partial charge in [-0.2, -0.15) is 0 Å². The largest absolute Gasteiger partial charge is 0.493 e. The van der Waals surface area contributed by atoms with Crippen molar-refractivity contribution >= 4 is 9.84 Å². The third-order valence-electron chi connectivity index (χ3n) is 5.90. The van der Waals surface area contributed by atoms with Gasteiger partial charge in [0.15, 0.2) is 9.84 Å². The van der Waals surface area contributed by atoms with E-state index in [1.54, 1.807) is 6.07 Å². The van der Waals surface area contributed by atoms with Gasteiger partial charge in [-0.3, -0.25) is 14.0 Å². The molecule has 0 atom stereocenters. The molecule has 1 N–H and O–H groups in total. The first-order valence-electron chi connectivity index (χ1n) is 11.3. The van der Waals surface area contributed by atoms with E-state index in [9.17, 15) is 22.7 Å². The fourth-order valence-corrected chi connectivity index (χ4v) is 5.30. The van der Waals surface area contributed by atoms with E-state index in [0.29, 0.717) is 31.9 Å². The number of sulfone groups is 1. The maximum Gasteiger partial charge on any atom is 0.331 e. The molecule has 0 amide bonds. The molecule has 1 aromatic carbocycles. The Balaban J connectivity index is 1.48. The van der Waals surface area contributed by atoms with E-state index in [1.807, 2.05) is 43.0 Å². The molecule has 1 aliphatic heterocycles. The Kier molecular flexibility index (Phi) is 6.90. The van der Waals surface area contributed by atoms with Crippen LogP contribution in [-0.4, -0.2) is 57.1 Å². The topological polar surface area (TPSA) is 97.4 Å². The van der Waals surface area contributed by atoms with E-state index in [1.165, 1.54) is 21.4 Å². The van der Waals surface area contributed by atoms with Crippen molar-refractivity contribution in [2.24, 2.45) is 5.92 Å². The van der Waals surface area contributed by atoms with Crippen molar-refractivity contribution in [2.75, 3.05) is 24.6 Å². The zero-order valence-corrected chi connectivity index (χ0v) is 20.1. The minimum atomic E-state index is -3.00. The van der Waals surface area contributed by atoms with Gasteiger partial charge in [0.05, 0.1) is 35.6 Å². The van der Waals surface area contributed by atoms with Gasteiger partial charge in [0.25, 0.3) is 0 Å². The Bertz CT molecular complexity index is 1320. The van der Waals surface area contributed by atoms with E-state index in [2.05, 4.69) is 4.98 Å². The van der Waals surface area contributed by atoms with Gasteiger partial charge in [-0.05, 0) is 23.6 Å². The summed E-state index contributed by atoms with van der Waals surface area (Å²) in [5.74, 6) is -0.0760. The highest BCUT2D eigenvalue weighted by molar-refractivity contribution is 7.91. The predicted octanol–water partition coefficient (Wildman–Crippen LogP) is 2.49. The lowest BCUT2D eigenvalue weighted by atomic mass is 10.1. The molecule has 0 spiro atoms. The Morgan fingerprint density at radius 2 is 1.74 bits per heavy atom. The summed E-state index contributed by atoms with van der Waals surface area (Å²) in [5.41, 5.74) is 2.33. The lowest BCUT2D eigenvalue weighted by molar-refractivity contribution is 0.279. The highest BCUT2D eigenvalue weighted by Crippen LogP contribution is 2.21. The van der Waals surface area contributed by atoms with Crippen LogP contribution in [0.5, 0.6) is 5.88 Å². The smallest absolute Gasteiger partial charge is 0.331 e. The van der Waals surface area contributed by atoms with Crippen molar-refractivity contribution in [1.29, 1.82) is 0 Å². The van der Waals surface area contributed by atoms with Gasteiger partial charge < -0.3 is 5.11 Å². The molecule has 3 aromatic rings. The molecule has 182 valence electrons. The molecule has 4 rings (SSSR count). The van der Waals surface area contributed by atoms with Crippen LogP contribution in [0.4, 0.5) is 4.39 Å². The fraction of sp³-hybridized carbons (Fsp3) is 0.417. The van der Waals surface area contributed by atoms with Crippen molar-refractivity contribution in [3.05, 3.63) is 70.2 Å². The quantitative estimate of drug-likeness (QED) is 0.549. The van der Waals surface area contributed by atoms with Crippen LogP contribution in [0.2, 0.25) is 0 Å². The lowest BCUT2D eigenvalue weighted by Crippen LogP contribution is -2.40. The summed E-state index contributed by atoms with van der Waals surface area (Å²) in [6.07, 6.45) is 1.44. The van der Waals surface area contributed by atoms with Crippen LogP contribution in [0.1, 0.15) is 25.1 Å². The van der Waals surface area contributed by atoms with Crippen molar-refractivity contribution in [2.45, 2.75) is 33.5 Å². The van der Waals surface area contributed by atoms with E-state index < -0.39 is 15.7 Å². The molecular weight excluding hydrogens is 459 g/mol. The number of benzene rings is 1. The molecular formula is C24H29FN4O4S. The minimum absolute atomic E-state index is 0.0512. The molecule has 10 heteroatoms. The summed E-state index contributed by atoms with van der Waals surface area (Å²) in [6.45, 7) is 5.72. The monoisotopic (exact) mass is 488 g/mol. The molecule has 3 heterocycles. The summed E-state index contributed by atoms with van der Waals surface area (Å²) in [5, 5.41) is 10.1. The number of halogens is 1. The zero-order valence-electron chi connectivity index (χ0n) is 19.3. The maximum atomic E-state index is 14.4. The van der Waals surface area contributed by atoms with E-state index in [-0.39, 0.29) is 41.2 Å². The molecule has 1 aliphatic rings. The number of hydrogen-bond donors (Lipinski definition) is 1. The SMILES string of the molecule is CC(C)Cn1c(O)cn(Cc2ccc(-c3ccc(F)c(CN4CCS(=O)(=O)CC4)n3)cc2)c1=O. The average molecular weight is 489 g/mol. The van der Waals surface area contributed by atoms with Crippen LogP contribution < -0.4 is 5.69 Å². The Morgan fingerprint density at radius 3 is 2.38 bits per heavy atom. The highest BCUT2D eigenvalue weighted by atomic mass is 32.2. The van der Waals surface area contributed by atoms with Gasteiger partial charge in [0.1, 0.15) is 5.82 Å². The number of pyridine rings is 1. The predicted molar refractivity (Wildman–Crippen MR) is 128 cm³/mol. The number of rotatable bonds is 7. The molecule has 0 unspecified atom stereocenters. The zero-order chi connectivity index (χ0) is 24.5. The normalized spacial score (nSPS) is 16.2. The fourth-order valence-electron chi connectivity index (χ4n) is 4.02. The summed E-state index contributed by atoms with van der Waals surface area (Å²) >= 11 is 0. The molecule has 2 aromatic heterocycles. The number of hydrogen-bond acceptors (Lipinski definition) is 6. The van der Waals surface area contributed by atoms with Crippen LogP contribution in [0, 0.1) is 11.7 Å². The Labute approximate surface area is 198 Å². The number of aromatic hydroxyl groups is 1. The van der Waals surface area contributed by atoms with E-state index in [4.69, 9.17) is 0 Å². The molecule has 34 heavy (non-hydrogen) atoms. The van der Waals surface area contributed by atoms with E-state index >= 15 is 0 Å². The van der Waals surface area contributed by atoms with Gasteiger partial charge in [0, 0.05) is 31.7 Å². The van der Waals surface area contributed by atoms with Crippen LogP contribution in [0.15, 0.2) is 47.4 Å². The molecule has 1 saturated heterocycles. The third kappa shape index (κ3) is 5.56. The maximum absolute atomic E-state index is 14.4. The van der Waals surface area contributed by atoms with Gasteiger partial charge >= 0.3 is 5.69 Å². The van der Waals surface area contributed by atoms with Crippen LogP contribution in [-0.2, 0) is 29.5 Å². The van der Waals surface area contributed by atoms with Gasteiger partial charge in [-0.25, -0.2) is 22.6 Å². The standard InChI is InChI=1S/C24H29FN4O4S/c1-17(2)13-29-23(30)16-28(24(29)31)14-18-3-5-19(6-4-18)21-8-7-20(25)22(26-21)15-27-9-11-34(32,33)12-10-27/h3-8,16-17,30H,9-15H2,1-2H3. The summed E-state index contributed by atoms with van der Waals surface area (Å²) < 4.78 is 40.5. The van der Waals surface area contributed by atoms with Crippen molar-refractivity contribution < 1.29 is 17.9 Å². The van der Waals surface area contributed by atoms with Gasteiger partial charge in [-0.1, -0.05) is 38.1 Å². The lowest BCUT2D eigenvalue weighted by Gasteiger charge is -2.26. The first-order chi connectivity index (χ1) is 16.1. The average Bonchev–Trinajstić information content (AvgIpc) is 3.04. The second kappa shape index (κ2) is 9.71. The molecule has 0 radical (unpaired) electrons. The molecule has 0 saturated carbocycles. The number of nitrogens with zero attached hydrogens (tertiary/aromatic N) is 4. The molecule has 1 fully saturated rings. The van der Waals surface area contributed by atoms with Gasteiger partial charge in [-0.15, -0.1) is 0 Å². The van der Waals surface area contributed by atoms with Crippen molar-refractivity contribution in [1.82, 2.24) is 19.0 Å². The summed E-state index contributed by atoms with van der Waals surface area (Å²) in [4.78, 5) is 19.0. The highest BCUT2D eigenvalue weighted by Gasteiger charge is 2.23. The third-order valence-corrected chi connectivity index (χ3v) is 7.51. The molecule has 8 nitrogen and oxygen atoms in total. The second-order valence-corrected chi connectivity index (χ2v) is 11.5. The Morgan fingerprint density at radius 1 is 1.06 bits per heavy atom. The first-order valence-corrected chi connectivity index (χ1v) is 13.1. The minimum Gasteiger partial charge on any atom is -0.493 e. The Hall–Kier alpha value is -2.98.